The summed E-state index contributed by atoms with van der Waals surface area (Å²) in [6.45, 7) is -2.47. The second kappa shape index (κ2) is 3.29. The van der Waals surface area contributed by atoms with Gasteiger partial charge in [-0.2, -0.15) is 0 Å². The Labute approximate surface area is 44.5 Å². The van der Waals surface area contributed by atoms with Gasteiger partial charge in [-0.05, 0) is 0 Å². The topological polar surface area (TPSA) is 43.1 Å². The van der Waals surface area contributed by atoms with E-state index in [9.17, 15) is 18.9 Å². The van der Waals surface area contributed by atoms with Crippen LogP contribution in [0.2, 0.25) is 0 Å². The Bertz CT molecular complexity index is 83.4. The maximum absolute atomic E-state index is 11.2. The number of hydrogen-bond donors (Lipinski definition) is 0. The van der Waals surface area contributed by atoms with E-state index in [4.69, 9.17) is 0 Å². The van der Waals surface area contributed by atoms with Gasteiger partial charge in [0.25, 0.3) is 6.04 Å². The highest BCUT2D eigenvalue weighted by atomic mass is 19.1. The second-order valence-corrected chi connectivity index (χ2v) is 1.25. The van der Waals surface area contributed by atoms with Crippen LogP contribution in [0.4, 0.5) is 8.78 Å². The molecule has 0 aliphatic carbocycles. The van der Waals surface area contributed by atoms with Crippen molar-refractivity contribution in [1.29, 1.82) is 0 Å². The number of halogens is 2. The van der Waals surface area contributed by atoms with E-state index in [2.05, 4.69) is 0 Å². The maximum atomic E-state index is 11.2. The standard InChI is InChI=1S/C3H5F2NO2/c4-1-3(2-5)6(7)8/h3H,1-2H2. The molecule has 0 aliphatic heterocycles. The number of hydrogen-bond acceptors (Lipinski definition) is 2. The Balaban J connectivity index is 3.52. The third kappa shape index (κ3) is 1.81. The molecule has 0 N–H and O–H groups in total. The summed E-state index contributed by atoms with van der Waals surface area (Å²) in [4.78, 5) is 8.51. The van der Waals surface area contributed by atoms with Gasteiger partial charge in [-0.1, -0.05) is 0 Å². The highest BCUT2D eigenvalue weighted by molar-refractivity contribution is 4.48. The number of rotatable bonds is 3. The number of nitro groups is 1. The first-order chi connectivity index (χ1) is 3.72. The molecule has 0 spiro atoms. The molecule has 0 aromatic heterocycles. The number of alkyl halides is 2. The van der Waals surface area contributed by atoms with Crippen molar-refractivity contribution in [3.8, 4) is 0 Å². The molecule has 0 atom stereocenters. The van der Waals surface area contributed by atoms with E-state index >= 15 is 0 Å². The van der Waals surface area contributed by atoms with Gasteiger partial charge in [0.2, 0.25) is 0 Å². The van der Waals surface area contributed by atoms with Gasteiger partial charge in [0.1, 0.15) is 0 Å². The minimum Gasteiger partial charge on any atom is -0.264 e. The van der Waals surface area contributed by atoms with Crippen LogP contribution in [0.3, 0.4) is 0 Å². The van der Waals surface area contributed by atoms with Crippen LogP contribution in [-0.2, 0) is 0 Å². The van der Waals surface area contributed by atoms with Crippen molar-refractivity contribution in [2.75, 3.05) is 13.3 Å². The Hall–Kier alpha value is -0.740. The molecule has 0 aromatic rings. The lowest BCUT2D eigenvalue weighted by Crippen LogP contribution is -2.23. The van der Waals surface area contributed by atoms with E-state index in [1.54, 1.807) is 0 Å². The first-order valence-electron chi connectivity index (χ1n) is 1.97. The van der Waals surface area contributed by atoms with Gasteiger partial charge in [0, 0.05) is 4.92 Å². The summed E-state index contributed by atoms with van der Waals surface area (Å²) in [5, 5.41) is 9.49. The van der Waals surface area contributed by atoms with Crippen LogP contribution in [0, 0.1) is 10.1 Å². The van der Waals surface area contributed by atoms with Crippen molar-refractivity contribution in [2.24, 2.45) is 0 Å². The second-order valence-electron chi connectivity index (χ2n) is 1.25. The molecule has 3 nitrogen and oxygen atoms in total. The minimum atomic E-state index is -1.66. The molecule has 0 heterocycles. The van der Waals surface area contributed by atoms with Crippen molar-refractivity contribution < 1.29 is 13.7 Å². The Morgan fingerprint density at radius 2 is 1.88 bits per heavy atom. The summed E-state index contributed by atoms with van der Waals surface area (Å²) in [7, 11) is 0. The highest BCUT2D eigenvalue weighted by Crippen LogP contribution is 1.90. The smallest absolute Gasteiger partial charge is 0.264 e. The van der Waals surface area contributed by atoms with E-state index < -0.39 is 24.3 Å². The SMILES string of the molecule is O=[N+]([O-])C(CF)CF. The lowest BCUT2D eigenvalue weighted by Gasteiger charge is -1.95. The molecule has 5 heteroatoms. The molecule has 0 aliphatic rings. The Kier molecular flexibility index (Phi) is 2.98. The average molecular weight is 125 g/mol. The molecule has 0 saturated carbocycles. The predicted octanol–water partition coefficient (Wildman–Crippen LogP) is 0.571. The first kappa shape index (κ1) is 7.26. The highest BCUT2D eigenvalue weighted by Gasteiger charge is 2.18. The van der Waals surface area contributed by atoms with Gasteiger partial charge < -0.3 is 0 Å². The minimum absolute atomic E-state index is 0.972. The van der Waals surface area contributed by atoms with Gasteiger partial charge in [0.15, 0.2) is 13.3 Å². The fraction of sp³-hybridized carbons (Fsp3) is 1.00. The van der Waals surface area contributed by atoms with Gasteiger partial charge in [-0.25, -0.2) is 8.78 Å². The molecule has 0 radical (unpaired) electrons. The Morgan fingerprint density at radius 1 is 1.50 bits per heavy atom. The van der Waals surface area contributed by atoms with Crippen molar-refractivity contribution in [2.45, 2.75) is 6.04 Å². The fourth-order valence-corrected chi connectivity index (χ4v) is 0.154. The van der Waals surface area contributed by atoms with Gasteiger partial charge in [-0.15, -0.1) is 0 Å². The first-order valence-corrected chi connectivity index (χ1v) is 1.97. The quantitative estimate of drug-likeness (QED) is 0.408. The summed E-state index contributed by atoms with van der Waals surface area (Å²) < 4.78 is 22.5. The van der Waals surface area contributed by atoms with Crippen LogP contribution in [0.25, 0.3) is 0 Å². The summed E-state index contributed by atoms with van der Waals surface area (Å²) in [5.74, 6) is 0. The van der Waals surface area contributed by atoms with Crippen LogP contribution in [0.5, 0.6) is 0 Å². The van der Waals surface area contributed by atoms with Crippen LogP contribution < -0.4 is 0 Å². The summed E-state index contributed by atoms with van der Waals surface area (Å²) >= 11 is 0. The van der Waals surface area contributed by atoms with Crippen LogP contribution >= 0.6 is 0 Å². The molecule has 48 valence electrons. The zero-order chi connectivity index (χ0) is 6.57. The van der Waals surface area contributed by atoms with Gasteiger partial charge in [-0.3, -0.25) is 10.1 Å². The predicted molar refractivity (Wildman–Crippen MR) is 22.7 cm³/mol. The van der Waals surface area contributed by atoms with Gasteiger partial charge >= 0.3 is 0 Å². The summed E-state index contributed by atoms with van der Waals surface area (Å²) in [6, 6.07) is -1.66. The lowest BCUT2D eigenvalue weighted by molar-refractivity contribution is -0.524. The third-order valence-corrected chi connectivity index (χ3v) is 0.654. The molecule has 0 bridgehead atoms. The molecule has 0 rings (SSSR count). The fourth-order valence-electron chi connectivity index (χ4n) is 0.154. The van der Waals surface area contributed by atoms with Crippen molar-refractivity contribution >= 4 is 0 Å². The molecule has 0 fully saturated rings. The van der Waals surface area contributed by atoms with Crippen LogP contribution in [-0.4, -0.2) is 24.3 Å². The zero-order valence-electron chi connectivity index (χ0n) is 4.01. The zero-order valence-corrected chi connectivity index (χ0v) is 4.01. The van der Waals surface area contributed by atoms with E-state index in [0.29, 0.717) is 0 Å². The normalized spacial score (nSPS) is 9.88. The molecular formula is C3H5F2NO2. The average Bonchev–Trinajstić information content (AvgIpc) is 1.69. The maximum Gasteiger partial charge on any atom is 0.268 e. The number of nitrogens with zero attached hydrogens (tertiary/aromatic N) is 1. The molecule has 0 amide bonds. The van der Waals surface area contributed by atoms with Crippen molar-refractivity contribution in [3.05, 3.63) is 10.1 Å². The molecule has 0 unspecified atom stereocenters. The molecule has 0 aromatic carbocycles. The lowest BCUT2D eigenvalue weighted by atomic mass is 10.4. The van der Waals surface area contributed by atoms with E-state index in [-0.39, 0.29) is 0 Å². The largest absolute Gasteiger partial charge is 0.268 e. The van der Waals surface area contributed by atoms with Crippen molar-refractivity contribution in [3.63, 3.8) is 0 Å². The van der Waals surface area contributed by atoms with Crippen LogP contribution in [0.1, 0.15) is 0 Å². The Morgan fingerprint density at radius 3 is 1.88 bits per heavy atom. The van der Waals surface area contributed by atoms with E-state index in [1.807, 2.05) is 0 Å². The molecule has 0 saturated heterocycles. The molecular weight excluding hydrogens is 120 g/mol. The van der Waals surface area contributed by atoms with Gasteiger partial charge in [0.05, 0.1) is 0 Å². The van der Waals surface area contributed by atoms with Crippen LogP contribution in [0.15, 0.2) is 0 Å². The molecule has 8 heavy (non-hydrogen) atoms. The summed E-state index contributed by atoms with van der Waals surface area (Å²) in [5.41, 5.74) is 0. The monoisotopic (exact) mass is 125 g/mol. The van der Waals surface area contributed by atoms with E-state index in [1.165, 1.54) is 0 Å². The summed E-state index contributed by atoms with van der Waals surface area (Å²) in [6.07, 6.45) is 0. The van der Waals surface area contributed by atoms with Crippen molar-refractivity contribution in [1.82, 2.24) is 0 Å². The van der Waals surface area contributed by atoms with E-state index in [0.717, 1.165) is 0 Å². The third-order valence-electron chi connectivity index (χ3n) is 0.654.